The van der Waals surface area contributed by atoms with Gasteiger partial charge in [-0.15, -0.1) is 0 Å². The van der Waals surface area contributed by atoms with Gasteiger partial charge < -0.3 is 20.0 Å². The number of carbonyl (C=O) groups is 1. The summed E-state index contributed by atoms with van der Waals surface area (Å²) in [5, 5.41) is 6.10. The van der Waals surface area contributed by atoms with Crippen LogP contribution in [0, 0.1) is 5.92 Å². The van der Waals surface area contributed by atoms with Crippen molar-refractivity contribution in [3.05, 3.63) is 24.2 Å². The molecule has 0 aliphatic carbocycles. The molecule has 1 aromatic heterocycles. The van der Waals surface area contributed by atoms with Gasteiger partial charge in [-0.05, 0) is 30.9 Å². The lowest BCUT2D eigenvalue weighted by atomic mass is 10.0. The van der Waals surface area contributed by atoms with Gasteiger partial charge in [0.2, 0.25) is 0 Å². The molecule has 1 amide bonds. The quantitative estimate of drug-likeness (QED) is 0.499. The highest BCUT2D eigenvalue weighted by molar-refractivity contribution is 5.91. The fourth-order valence-electron chi connectivity index (χ4n) is 2.56. The number of hydrogen-bond donors (Lipinski definition) is 2. The lowest BCUT2D eigenvalue weighted by molar-refractivity contribution is 0.0926. The molecule has 116 valence electrons. The Morgan fingerprint density at radius 2 is 2.29 bits per heavy atom. The van der Waals surface area contributed by atoms with E-state index in [1.165, 1.54) is 19.1 Å². The molecule has 2 rings (SSSR count). The normalized spacial score (nSPS) is 19.4. The summed E-state index contributed by atoms with van der Waals surface area (Å²) in [6.07, 6.45) is 3.98. The summed E-state index contributed by atoms with van der Waals surface area (Å²) in [7, 11) is 1.79. The molecule has 0 radical (unpaired) electrons. The molecule has 1 aliphatic rings. The van der Waals surface area contributed by atoms with Gasteiger partial charge in [0.25, 0.3) is 5.91 Å². The first-order valence-electron chi connectivity index (χ1n) is 7.48. The Morgan fingerprint density at radius 3 is 2.95 bits per heavy atom. The van der Waals surface area contributed by atoms with Gasteiger partial charge in [0, 0.05) is 33.2 Å². The zero-order chi connectivity index (χ0) is 15.1. The summed E-state index contributed by atoms with van der Waals surface area (Å²) in [5.41, 5.74) is 0. The van der Waals surface area contributed by atoms with Gasteiger partial charge >= 0.3 is 0 Å². The van der Waals surface area contributed by atoms with Gasteiger partial charge in [-0.2, -0.15) is 0 Å². The maximum absolute atomic E-state index is 11.7. The molecular formula is C15H24N4O2. The van der Waals surface area contributed by atoms with Crippen LogP contribution in [-0.4, -0.2) is 50.0 Å². The first kappa shape index (κ1) is 15.4. The van der Waals surface area contributed by atoms with Gasteiger partial charge in [0.15, 0.2) is 11.7 Å². The third kappa shape index (κ3) is 4.51. The second-order valence-electron chi connectivity index (χ2n) is 5.40. The SMILES string of the molecule is CN=C(NCCNC(=O)c1ccco1)N1CCCC(C)C1. The monoisotopic (exact) mass is 292 g/mol. The number of hydrogen-bond acceptors (Lipinski definition) is 3. The molecule has 2 heterocycles. The lowest BCUT2D eigenvalue weighted by Gasteiger charge is -2.33. The summed E-state index contributed by atoms with van der Waals surface area (Å²) in [5.74, 6) is 1.76. The number of piperidine rings is 1. The predicted octanol–water partition coefficient (Wildman–Crippen LogP) is 1.32. The lowest BCUT2D eigenvalue weighted by Crippen LogP contribution is -2.47. The first-order chi connectivity index (χ1) is 10.2. The van der Waals surface area contributed by atoms with Crippen LogP contribution in [0.25, 0.3) is 0 Å². The number of furan rings is 1. The fraction of sp³-hybridized carbons (Fsp3) is 0.600. The zero-order valence-electron chi connectivity index (χ0n) is 12.8. The molecule has 1 fully saturated rings. The summed E-state index contributed by atoms with van der Waals surface area (Å²) in [6, 6.07) is 3.35. The molecule has 1 atom stereocenters. The predicted molar refractivity (Wildman–Crippen MR) is 82.4 cm³/mol. The zero-order valence-corrected chi connectivity index (χ0v) is 12.8. The van der Waals surface area contributed by atoms with E-state index in [0.717, 1.165) is 19.0 Å². The highest BCUT2D eigenvalue weighted by atomic mass is 16.3. The number of likely N-dealkylation sites (tertiary alicyclic amines) is 1. The van der Waals surface area contributed by atoms with E-state index < -0.39 is 0 Å². The van der Waals surface area contributed by atoms with E-state index in [0.29, 0.717) is 24.8 Å². The van der Waals surface area contributed by atoms with E-state index in [-0.39, 0.29) is 5.91 Å². The third-order valence-electron chi connectivity index (χ3n) is 3.61. The largest absolute Gasteiger partial charge is 0.459 e. The van der Waals surface area contributed by atoms with Gasteiger partial charge in [-0.25, -0.2) is 0 Å². The van der Waals surface area contributed by atoms with Crippen molar-refractivity contribution in [2.75, 3.05) is 33.2 Å². The van der Waals surface area contributed by atoms with Crippen LogP contribution in [-0.2, 0) is 0 Å². The Morgan fingerprint density at radius 1 is 1.48 bits per heavy atom. The van der Waals surface area contributed by atoms with E-state index in [4.69, 9.17) is 4.42 Å². The summed E-state index contributed by atoms with van der Waals surface area (Å²) in [4.78, 5) is 18.3. The number of nitrogens with zero attached hydrogens (tertiary/aromatic N) is 2. The van der Waals surface area contributed by atoms with Crippen LogP contribution in [0.15, 0.2) is 27.8 Å². The molecule has 2 N–H and O–H groups in total. The molecule has 0 saturated carbocycles. The molecule has 0 bridgehead atoms. The molecule has 1 unspecified atom stereocenters. The van der Waals surface area contributed by atoms with Gasteiger partial charge in [-0.3, -0.25) is 9.79 Å². The minimum atomic E-state index is -0.191. The maximum atomic E-state index is 11.7. The average Bonchev–Trinajstić information content (AvgIpc) is 3.01. The van der Waals surface area contributed by atoms with E-state index >= 15 is 0 Å². The van der Waals surface area contributed by atoms with Crippen molar-refractivity contribution in [3.63, 3.8) is 0 Å². The van der Waals surface area contributed by atoms with Crippen LogP contribution >= 0.6 is 0 Å². The Kier molecular flexibility index (Phi) is 5.66. The van der Waals surface area contributed by atoms with Crippen molar-refractivity contribution >= 4 is 11.9 Å². The highest BCUT2D eigenvalue weighted by Crippen LogP contribution is 2.15. The van der Waals surface area contributed by atoms with Crippen LogP contribution in [0.5, 0.6) is 0 Å². The smallest absolute Gasteiger partial charge is 0.287 e. The molecule has 0 spiro atoms. The van der Waals surface area contributed by atoms with Crippen molar-refractivity contribution in [2.24, 2.45) is 10.9 Å². The Balaban J connectivity index is 1.70. The number of carbonyl (C=O) groups excluding carboxylic acids is 1. The standard InChI is InChI=1S/C15H24N4O2/c1-12-5-3-9-19(11-12)15(16-2)18-8-7-17-14(20)13-6-4-10-21-13/h4,6,10,12H,3,5,7-9,11H2,1-2H3,(H,16,18)(H,17,20). The van der Waals surface area contributed by atoms with Crippen LogP contribution < -0.4 is 10.6 Å². The van der Waals surface area contributed by atoms with Crippen LogP contribution in [0.1, 0.15) is 30.3 Å². The van der Waals surface area contributed by atoms with Crippen molar-refractivity contribution < 1.29 is 9.21 Å². The van der Waals surface area contributed by atoms with Gasteiger partial charge in [-0.1, -0.05) is 6.92 Å². The number of amides is 1. The molecule has 6 heteroatoms. The van der Waals surface area contributed by atoms with Crippen molar-refractivity contribution in [1.29, 1.82) is 0 Å². The number of guanidine groups is 1. The third-order valence-corrected chi connectivity index (χ3v) is 3.61. The summed E-state index contributed by atoms with van der Waals surface area (Å²) >= 11 is 0. The first-order valence-corrected chi connectivity index (χ1v) is 7.48. The van der Waals surface area contributed by atoms with Gasteiger partial charge in [0.05, 0.1) is 6.26 Å². The minimum Gasteiger partial charge on any atom is -0.459 e. The molecule has 6 nitrogen and oxygen atoms in total. The molecule has 1 aliphatic heterocycles. The van der Waals surface area contributed by atoms with Crippen molar-refractivity contribution in [2.45, 2.75) is 19.8 Å². The molecule has 0 aromatic carbocycles. The summed E-state index contributed by atoms with van der Waals surface area (Å²) < 4.78 is 5.04. The summed E-state index contributed by atoms with van der Waals surface area (Å²) in [6.45, 7) is 5.52. The molecular weight excluding hydrogens is 268 g/mol. The number of rotatable bonds is 4. The van der Waals surface area contributed by atoms with E-state index in [2.05, 4.69) is 27.4 Å². The Hall–Kier alpha value is -1.98. The van der Waals surface area contributed by atoms with E-state index in [9.17, 15) is 4.79 Å². The Bertz CT molecular complexity index is 470. The second-order valence-corrected chi connectivity index (χ2v) is 5.40. The topological polar surface area (TPSA) is 69.9 Å². The second kappa shape index (κ2) is 7.71. The molecule has 1 saturated heterocycles. The van der Waals surface area contributed by atoms with Crippen molar-refractivity contribution in [1.82, 2.24) is 15.5 Å². The van der Waals surface area contributed by atoms with Crippen LogP contribution in [0.4, 0.5) is 0 Å². The number of nitrogens with one attached hydrogen (secondary N) is 2. The molecule has 21 heavy (non-hydrogen) atoms. The number of aliphatic imine (C=N–C) groups is 1. The Labute approximate surface area is 125 Å². The highest BCUT2D eigenvalue weighted by Gasteiger charge is 2.18. The van der Waals surface area contributed by atoms with Crippen LogP contribution in [0.2, 0.25) is 0 Å². The van der Waals surface area contributed by atoms with E-state index in [1.807, 2.05) is 0 Å². The van der Waals surface area contributed by atoms with E-state index in [1.54, 1.807) is 19.2 Å². The van der Waals surface area contributed by atoms with Gasteiger partial charge in [0.1, 0.15) is 0 Å². The average molecular weight is 292 g/mol. The van der Waals surface area contributed by atoms with Crippen LogP contribution in [0.3, 0.4) is 0 Å². The molecule has 1 aromatic rings. The maximum Gasteiger partial charge on any atom is 0.287 e. The van der Waals surface area contributed by atoms with Crippen molar-refractivity contribution in [3.8, 4) is 0 Å². The minimum absolute atomic E-state index is 0.191. The fourth-order valence-corrected chi connectivity index (χ4v) is 2.56.